The molecule has 19 heavy (non-hydrogen) atoms. The molecule has 102 valence electrons. The van der Waals surface area contributed by atoms with E-state index < -0.39 is 0 Å². The van der Waals surface area contributed by atoms with Crippen molar-refractivity contribution in [1.82, 2.24) is 10.6 Å². The van der Waals surface area contributed by atoms with Crippen LogP contribution in [0.25, 0.3) is 11.0 Å². The summed E-state index contributed by atoms with van der Waals surface area (Å²) in [7, 11) is 1.77. The molecule has 1 atom stereocenters. The van der Waals surface area contributed by atoms with Crippen molar-refractivity contribution in [2.45, 2.75) is 32.9 Å². The normalized spacial score (nSPS) is 13.5. The van der Waals surface area contributed by atoms with Gasteiger partial charge in [-0.25, -0.2) is 0 Å². The number of furan rings is 1. The molecule has 1 aromatic heterocycles. The van der Waals surface area contributed by atoms with Crippen molar-refractivity contribution in [3.63, 3.8) is 0 Å². The predicted molar refractivity (Wildman–Crippen MR) is 79.3 cm³/mol. The van der Waals surface area contributed by atoms with Gasteiger partial charge in [-0.3, -0.25) is 4.99 Å². The van der Waals surface area contributed by atoms with Gasteiger partial charge < -0.3 is 15.1 Å². The van der Waals surface area contributed by atoms with Gasteiger partial charge in [0.1, 0.15) is 11.3 Å². The molecule has 0 aliphatic rings. The van der Waals surface area contributed by atoms with E-state index in [-0.39, 0.29) is 0 Å². The molecular formula is C15H21N3O. The van der Waals surface area contributed by atoms with Crippen LogP contribution < -0.4 is 10.6 Å². The standard InChI is InChI=1S/C15H21N3O/c1-4-11(2)18-15(16-3)17-10-13-9-12-7-5-6-8-14(12)19-13/h5-9,11H,4,10H2,1-3H3,(H2,16,17,18). The highest BCUT2D eigenvalue weighted by Gasteiger charge is 2.05. The first-order valence-electron chi connectivity index (χ1n) is 6.67. The molecular weight excluding hydrogens is 238 g/mol. The highest BCUT2D eigenvalue weighted by molar-refractivity contribution is 5.80. The lowest BCUT2D eigenvalue weighted by atomic mass is 10.2. The molecule has 0 bridgehead atoms. The van der Waals surface area contributed by atoms with E-state index in [1.54, 1.807) is 7.05 Å². The van der Waals surface area contributed by atoms with Crippen LogP contribution in [0.3, 0.4) is 0 Å². The Kier molecular flexibility index (Phi) is 4.44. The van der Waals surface area contributed by atoms with Crippen molar-refractivity contribution in [3.05, 3.63) is 36.1 Å². The van der Waals surface area contributed by atoms with Crippen molar-refractivity contribution in [1.29, 1.82) is 0 Å². The second kappa shape index (κ2) is 6.27. The van der Waals surface area contributed by atoms with Gasteiger partial charge in [-0.1, -0.05) is 25.1 Å². The Morgan fingerprint density at radius 3 is 2.84 bits per heavy atom. The van der Waals surface area contributed by atoms with Crippen molar-refractivity contribution in [3.8, 4) is 0 Å². The monoisotopic (exact) mass is 259 g/mol. The molecule has 0 aliphatic carbocycles. The molecule has 2 rings (SSSR count). The molecule has 0 amide bonds. The molecule has 0 radical (unpaired) electrons. The Hall–Kier alpha value is -1.97. The Morgan fingerprint density at radius 2 is 2.16 bits per heavy atom. The van der Waals surface area contributed by atoms with Gasteiger partial charge in [0.25, 0.3) is 0 Å². The van der Waals surface area contributed by atoms with Crippen LogP contribution in [0.5, 0.6) is 0 Å². The minimum absolute atomic E-state index is 0.405. The SMILES string of the molecule is CCC(C)NC(=NC)NCc1cc2ccccc2o1. The minimum Gasteiger partial charge on any atom is -0.459 e. The number of hydrogen-bond donors (Lipinski definition) is 2. The Labute approximate surface area is 113 Å². The summed E-state index contributed by atoms with van der Waals surface area (Å²) in [5.41, 5.74) is 0.921. The number of benzene rings is 1. The Morgan fingerprint density at radius 1 is 1.37 bits per heavy atom. The lowest BCUT2D eigenvalue weighted by Gasteiger charge is -2.15. The van der Waals surface area contributed by atoms with E-state index in [0.29, 0.717) is 12.6 Å². The zero-order valence-corrected chi connectivity index (χ0v) is 11.7. The maximum atomic E-state index is 5.75. The molecule has 0 fully saturated rings. The van der Waals surface area contributed by atoms with Gasteiger partial charge in [-0.15, -0.1) is 0 Å². The first kappa shape index (κ1) is 13.5. The maximum Gasteiger partial charge on any atom is 0.191 e. The quantitative estimate of drug-likeness (QED) is 0.655. The molecule has 0 spiro atoms. The summed E-state index contributed by atoms with van der Waals surface area (Å²) in [6.07, 6.45) is 1.06. The third-order valence-electron chi connectivity index (χ3n) is 3.13. The summed E-state index contributed by atoms with van der Waals surface area (Å²) in [6, 6.07) is 10.5. The van der Waals surface area contributed by atoms with Crippen LogP contribution in [0, 0.1) is 0 Å². The number of para-hydroxylation sites is 1. The predicted octanol–water partition coefficient (Wildman–Crippen LogP) is 2.90. The smallest absolute Gasteiger partial charge is 0.191 e. The van der Waals surface area contributed by atoms with Crippen LogP contribution in [-0.2, 0) is 6.54 Å². The molecule has 0 saturated heterocycles. The van der Waals surface area contributed by atoms with E-state index in [4.69, 9.17) is 4.42 Å². The highest BCUT2D eigenvalue weighted by atomic mass is 16.3. The number of aliphatic imine (C=N–C) groups is 1. The molecule has 1 aromatic carbocycles. The topological polar surface area (TPSA) is 49.6 Å². The van der Waals surface area contributed by atoms with Crippen molar-refractivity contribution < 1.29 is 4.42 Å². The zero-order valence-electron chi connectivity index (χ0n) is 11.7. The average Bonchev–Trinajstić information content (AvgIpc) is 2.85. The molecule has 1 unspecified atom stereocenters. The van der Waals surface area contributed by atoms with Crippen LogP contribution in [0.4, 0.5) is 0 Å². The summed E-state index contributed by atoms with van der Waals surface area (Å²) >= 11 is 0. The van der Waals surface area contributed by atoms with E-state index in [1.807, 2.05) is 18.2 Å². The van der Waals surface area contributed by atoms with Crippen LogP contribution in [0.1, 0.15) is 26.0 Å². The molecule has 0 aliphatic heterocycles. The first-order valence-corrected chi connectivity index (χ1v) is 6.67. The number of rotatable bonds is 4. The van der Waals surface area contributed by atoms with Crippen molar-refractivity contribution in [2.24, 2.45) is 4.99 Å². The maximum absolute atomic E-state index is 5.75. The summed E-state index contributed by atoms with van der Waals surface area (Å²) in [5, 5.41) is 7.70. The summed E-state index contributed by atoms with van der Waals surface area (Å²) < 4.78 is 5.75. The van der Waals surface area contributed by atoms with Crippen LogP contribution >= 0.6 is 0 Å². The fourth-order valence-electron chi connectivity index (χ4n) is 1.82. The molecule has 4 nitrogen and oxygen atoms in total. The number of hydrogen-bond acceptors (Lipinski definition) is 2. The summed E-state index contributed by atoms with van der Waals surface area (Å²) in [5.74, 6) is 1.71. The number of nitrogens with zero attached hydrogens (tertiary/aromatic N) is 1. The van der Waals surface area contributed by atoms with E-state index >= 15 is 0 Å². The summed E-state index contributed by atoms with van der Waals surface area (Å²) in [4.78, 5) is 4.20. The third kappa shape index (κ3) is 3.50. The van der Waals surface area contributed by atoms with Crippen LogP contribution in [-0.4, -0.2) is 19.0 Å². The molecule has 0 saturated carbocycles. The van der Waals surface area contributed by atoms with Gasteiger partial charge in [-0.05, 0) is 25.5 Å². The van der Waals surface area contributed by atoms with Gasteiger partial charge in [-0.2, -0.15) is 0 Å². The van der Waals surface area contributed by atoms with E-state index in [9.17, 15) is 0 Å². The van der Waals surface area contributed by atoms with Crippen LogP contribution in [0.15, 0.2) is 39.7 Å². The van der Waals surface area contributed by atoms with Crippen molar-refractivity contribution >= 4 is 16.9 Å². The lowest BCUT2D eigenvalue weighted by Crippen LogP contribution is -2.41. The van der Waals surface area contributed by atoms with Gasteiger partial charge in [0.2, 0.25) is 0 Å². The molecule has 2 N–H and O–H groups in total. The van der Waals surface area contributed by atoms with E-state index in [1.165, 1.54) is 0 Å². The lowest BCUT2D eigenvalue weighted by molar-refractivity contribution is 0.534. The number of fused-ring (bicyclic) bond motifs is 1. The third-order valence-corrected chi connectivity index (χ3v) is 3.13. The van der Waals surface area contributed by atoms with E-state index in [2.05, 4.69) is 41.6 Å². The van der Waals surface area contributed by atoms with Gasteiger partial charge in [0, 0.05) is 18.5 Å². The molecule has 1 heterocycles. The first-order chi connectivity index (χ1) is 9.22. The number of nitrogens with one attached hydrogen (secondary N) is 2. The number of guanidine groups is 1. The van der Waals surface area contributed by atoms with Gasteiger partial charge in [0.15, 0.2) is 5.96 Å². The minimum atomic E-state index is 0.405. The van der Waals surface area contributed by atoms with Gasteiger partial charge in [0.05, 0.1) is 6.54 Å². The molecule has 4 heteroatoms. The van der Waals surface area contributed by atoms with Gasteiger partial charge >= 0.3 is 0 Å². The molecule has 2 aromatic rings. The fraction of sp³-hybridized carbons (Fsp3) is 0.400. The van der Waals surface area contributed by atoms with Crippen LogP contribution in [0.2, 0.25) is 0 Å². The average molecular weight is 259 g/mol. The second-order valence-corrected chi connectivity index (χ2v) is 4.63. The summed E-state index contributed by atoms with van der Waals surface area (Å²) in [6.45, 7) is 4.91. The fourth-order valence-corrected chi connectivity index (χ4v) is 1.82. The Bertz CT molecular complexity index is 526. The van der Waals surface area contributed by atoms with E-state index in [0.717, 1.165) is 29.1 Å². The second-order valence-electron chi connectivity index (χ2n) is 4.63. The van der Waals surface area contributed by atoms with Crippen molar-refractivity contribution in [2.75, 3.05) is 7.05 Å². The largest absolute Gasteiger partial charge is 0.459 e. The zero-order chi connectivity index (χ0) is 13.7. The highest BCUT2D eigenvalue weighted by Crippen LogP contribution is 2.18. The Balaban J connectivity index is 1.97.